The van der Waals surface area contributed by atoms with Crippen LogP contribution in [-0.4, -0.2) is 69.0 Å². The first kappa shape index (κ1) is 24.3. The zero-order valence-electron chi connectivity index (χ0n) is 20.6. The van der Waals surface area contributed by atoms with E-state index in [-0.39, 0.29) is 28.1 Å². The van der Waals surface area contributed by atoms with Crippen molar-refractivity contribution < 1.29 is 13.9 Å². The Hall–Kier alpha value is -3.08. The van der Waals surface area contributed by atoms with Crippen molar-refractivity contribution in [2.45, 2.75) is 44.1 Å². The minimum absolute atomic E-state index is 0.0153. The van der Waals surface area contributed by atoms with Gasteiger partial charge in [-0.15, -0.1) is 0 Å². The first-order valence-corrected chi connectivity index (χ1v) is 13.0. The molecule has 37 heavy (non-hydrogen) atoms. The van der Waals surface area contributed by atoms with Crippen LogP contribution in [-0.2, 0) is 11.2 Å². The van der Waals surface area contributed by atoms with Crippen LogP contribution < -0.4 is 10.3 Å². The molecule has 11 heteroatoms. The molecule has 9 nitrogen and oxygen atoms in total. The number of halogens is 2. The number of hydrogen-bond acceptors (Lipinski definition) is 7. The molecule has 0 aliphatic carbocycles. The summed E-state index contributed by atoms with van der Waals surface area (Å²) in [6.45, 7) is 3.06. The lowest BCUT2D eigenvalue weighted by Crippen LogP contribution is -2.43. The lowest BCUT2D eigenvalue weighted by atomic mass is 9.95. The maximum Gasteiger partial charge on any atom is 0.297 e. The molecule has 5 heterocycles. The topological polar surface area (TPSA) is 109 Å². The number of aromatic amines is 2. The average Bonchev–Trinajstić information content (AvgIpc) is 3.60. The van der Waals surface area contributed by atoms with Gasteiger partial charge in [-0.25, -0.2) is 4.39 Å². The van der Waals surface area contributed by atoms with Gasteiger partial charge in [0.1, 0.15) is 17.8 Å². The number of pyridine rings is 1. The lowest BCUT2D eigenvalue weighted by molar-refractivity contribution is 0.107. The van der Waals surface area contributed by atoms with Crippen molar-refractivity contribution >= 4 is 33.4 Å². The largest absolute Gasteiger partial charge is 0.463 e. The number of fused-ring (bicyclic) bond motifs is 3. The van der Waals surface area contributed by atoms with Crippen LogP contribution in [0.4, 0.5) is 4.39 Å². The van der Waals surface area contributed by atoms with Gasteiger partial charge in [0.25, 0.3) is 11.6 Å². The normalized spacial score (nSPS) is 17.2. The molecule has 2 fully saturated rings. The van der Waals surface area contributed by atoms with E-state index in [2.05, 4.69) is 30.0 Å². The van der Waals surface area contributed by atoms with E-state index in [4.69, 9.17) is 21.1 Å². The van der Waals surface area contributed by atoms with E-state index >= 15 is 4.39 Å². The van der Waals surface area contributed by atoms with Crippen LogP contribution in [0.25, 0.3) is 33.1 Å². The molecule has 0 bridgehead atoms. The van der Waals surface area contributed by atoms with Crippen LogP contribution in [0.1, 0.15) is 37.7 Å². The monoisotopic (exact) mass is 526 g/mol. The maximum absolute atomic E-state index is 16.2. The number of hydrogen-bond donors (Lipinski definition) is 2. The predicted octanol–water partition coefficient (Wildman–Crippen LogP) is 4.24. The molecule has 2 N–H and O–H groups in total. The molecule has 2 aliphatic rings. The fourth-order valence-corrected chi connectivity index (χ4v) is 6.26. The lowest BCUT2D eigenvalue weighted by Gasteiger charge is -2.31. The molecule has 2 aliphatic heterocycles. The summed E-state index contributed by atoms with van der Waals surface area (Å²) < 4.78 is 27.4. The molecule has 2 saturated heterocycles. The van der Waals surface area contributed by atoms with Crippen LogP contribution in [0, 0.1) is 5.82 Å². The van der Waals surface area contributed by atoms with Gasteiger partial charge in [-0.2, -0.15) is 10.1 Å². The van der Waals surface area contributed by atoms with E-state index in [1.807, 2.05) is 0 Å². The predicted molar refractivity (Wildman–Crippen MR) is 139 cm³/mol. The van der Waals surface area contributed by atoms with Gasteiger partial charge in [0.2, 0.25) is 0 Å². The van der Waals surface area contributed by atoms with E-state index in [1.165, 1.54) is 6.20 Å². The number of ether oxygens (including phenoxy) is 2. The van der Waals surface area contributed by atoms with Crippen molar-refractivity contribution in [3.63, 3.8) is 0 Å². The van der Waals surface area contributed by atoms with Crippen molar-refractivity contribution in [3.8, 4) is 17.3 Å². The Balaban J connectivity index is 1.43. The molecular weight excluding hydrogens is 499 g/mol. The zero-order valence-corrected chi connectivity index (χ0v) is 21.3. The van der Waals surface area contributed by atoms with Crippen LogP contribution in [0.3, 0.4) is 0 Å². The van der Waals surface area contributed by atoms with Crippen molar-refractivity contribution in [1.29, 1.82) is 0 Å². The van der Waals surface area contributed by atoms with Gasteiger partial charge in [-0.05, 0) is 63.2 Å². The van der Waals surface area contributed by atoms with Gasteiger partial charge >= 0.3 is 0 Å². The summed E-state index contributed by atoms with van der Waals surface area (Å²) in [5.74, 6) is -0.701. The number of nitrogens with one attached hydrogen (secondary N) is 2. The van der Waals surface area contributed by atoms with Gasteiger partial charge in [-0.3, -0.25) is 24.8 Å². The molecule has 1 aromatic carbocycles. The second-order valence-electron chi connectivity index (χ2n) is 9.90. The molecule has 0 saturated carbocycles. The minimum Gasteiger partial charge on any atom is -0.463 e. The zero-order chi connectivity index (χ0) is 25.6. The van der Waals surface area contributed by atoms with Crippen molar-refractivity contribution in [3.05, 3.63) is 45.2 Å². The average molecular weight is 527 g/mol. The molecular formula is C26H28ClFN6O3. The van der Waals surface area contributed by atoms with Crippen LogP contribution in [0.5, 0.6) is 6.01 Å². The number of H-pyrrole nitrogens is 2. The SMILES string of the molecule is COCCCc1c(Cl)cc2[nH]ncc2c1-c1ncc2c(=O)[nH]c(OCC34CCCN3CCC4)nc2c1F. The third-order valence-corrected chi connectivity index (χ3v) is 8.11. The number of benzene rings is 1. The summed E-state index contributed by atoms with van der Waals surface area (Å²) in [7, 11) is 1.63. The van der Waals surface area contributed by atoms with E-state index in [0.717, 1.165) is 44.3 Å². The summed E-state index contributed by atoms with van der Waals surface area (Å²) in [6, 6.07) is 1.79. The molecule has 0 amide bonds. The Morgan fingerprint density at radius 3 is 2.81 bits per heavy atom. The van der Waals surface area contributed by atoms with Gasteiger partial charge in [0.15, 0.2) is 5.82 Å². The second-order valence-corrected chi connectivity index (χ2v) is 10.3. The highest BCUT2D eigenvalue weighted by molar-refractivity contribution is 6.33. The highest BCUT2D eigenvalue weighted by Gasteiger charge is 2.45. The molecule has 0 radical (unpaired) electrons. The first-order chi connectivity index (χ1) is 18.0. The van der Waals surface area contributed by atoms with Crippen LogP contribution in [0.15, 0.2) is 23.3 Å². The molecule has 0 atom stereocenters. The molecule has 194 valence electrons. The quantitative estimate of drug-likeness (QED) is 0.330. The minimum atomic E-state index is -0.701. The number of methoxy groups -OCH3 is 1. The fourth-order valence-electron chi connectivity index (χ4n) is 5.96. The maximum atomic E-state index is 16.2. The first-order valence-electron chi connectivity index (χ1n) is 12.6. The summed E-state index contributed by atoms with van der Waals surface area (Å²) >= 11 is 6.63. The standard InChI is InChI=1S/C26H28ClFN6O3/c1-36-10-2-5-15-18(27)11-19-16(13-30-33-19)20(15)23-21(28)22-17(12-29-23)24(35)32-25(31-22)37-14-26-6-3-8-34(26)9-4-7-26/h11-13H,2-10,14H2,1H3,(H,30,33)(H,31,32,35). The third-order valence-electron chi connectivity index (χ3n) is 7.77. The van der Waals surface area contributed by atoms with E-state index in [0.29, 0.717) is 47.5 Å². The Bertz CT molecular complexity index is 1530. The summed E-state index contributed by atoms with van der Waals surface area (Å²) in [5, 5.41) is 8.24. The fraction of sp³-hybridized carbons (Fsp3) is 0.462. The highest BCUT2D eigenvalue weighted by atomic mass is 35.5. The Labute approximate surface area is 217 Å². The van der Waals surface area contributed by atoms with Gasteiger partial charge in [0, 0.05) is 35.9 Å². The summed E-state index contributed by atoms with van der Waals surface area (Å²) in [5.41, 5.74) is 1.38. The van der Waals surface area contributed by atoms with Gasteiger partial charge in [0.05, 0.1) is 22.6 Å². The third kappa shape index (κ3) is 4.17. The van der Waals surface area contributed by atoms with Gasteiger partial charge < -0.3 is 9.47 Å². The molecule has 0 spiro atoms. The highest BCUT2D eigenvalue weighted by Crippen LogP contribution is 2.40. The number of aromatic nitrogens is 5. The summed E-state index contributed by atoms with van der Waals surface area (Å²) in [6.07, 6.45) is 8.58. The molecule has 4 aromatic rings. The van der Waals surface area contributed by atoms with Crippen molar-refractivity contribution in [2.75, 3.05) is 33.4 Å². The number of nitrogens with zero attached hydrogens (tertiary/aromatic N) is 4. The van der Waals surface area contributed by atoms with E-state index < -0.39 is 11.4 Å². The molecule has 3 aromatic heterocycles. The smallest absolute Gasteiger partial charge is 0.297 e. The Kier molecular flexibility index (Phi) is 6.34. The summed E-state index contributed by atoms with van der Waals surface area (Å²) in [4.78, 5) is 26.7. The van der Waals surface area contributed by atoms with Crippen molar-refractivity contribution in [2.24, 2.45) is 0 Å². The second kappa shape index (κ2) is 9.66. The van der Waals surface area contributed by atoms with Crippen LogP contribution in [0.2, 0.25) is 5.02 Å². The van der Waals surface area contributed by atoms with Crippen LogP contribution >= 0.6 is 11.6 Å². The molecule has 6 rings (SSSR count). The Morgan fingerprint density at radius 2 is 2.03 bits per heavy atom. The van der Waals surface area contributed by atoms with Gasteiger partial charge in [-0.1, -0.05) is 11.6 Å². The van der Waals surface area contributed by atoms with E-state index in [9.17, 15) is 4.79 Å². The Morgan fingerprint density at radius 1 is 1.22 bits per heavy atom. The number of rotatable bonds is 8. The molecule has 0 unspecified atom stereocenters. The van der Waals surface area contributed by atoms with Crippen molar-refractivity contribution in [1.82, 2.24) is 30.0 Å². The van der Waals surface area contributed by atoms with E-state index in [1.54, 1.807) is 19.4 Å².